The second-order valence-corrected chi connectivity index (χ2v) is 8.66. The minimum absolute atomic E-state index is 0.00339. The smallest absolute Gasteiger partial charge is 0.326 e. The number of amides is 3. The lowest BCUT2D eigenvalue weighted by Gasteiger charge is -2.28. The summed E-state index contributed by atoms with van der Waals surface area (Å²) in [6, 6.07) is 3.30. The van der Waals surface area contributed by atoms with Crippen molar-refractivity contribution >= 4 is 35.6 Å². The number of hydrogen-bond donors (Lipinski definition) is 7. The SMILES string of the molecule is CCC(C)C(NC(=O)C(Cc1ccccc1)NC(=O)C(N)CC(=O)O)C(=O)NC(CCC(=O)O)C(=O)O. The molecule has 0 aliphatic rings. The summed E-state index contributed by atoms with van der Waals surface area (Å²) in [4.78, 5) is 71.9. The van der Waals surface area contributed by atoms with Crippen molar-refractivity contribution in [3.05, 3.63) is 35.9 Å². The fraction of sp³-hybridized carbons (Fsp3) is 0.500. The van der Waals surface area contributed by atoms with Crippen LogP contribution in [0.25, 0.3) is 0 Å². The van der Waals surface area contributed by atoms with Crippen molar-refractivity contribution in [2.45, 2.75) is 70.1 Å². The van der Waals surface area contributed by atoms with Crippen LogP contribution in [0.1, 0.15) is 45.1 Å². The first-order chi connectivity index (χ1) is 17.3. The van der Waals surface area contributed by atoms with Crippen molar-refractivity contribution in [2.24, 2.45) is 11.7 Å². The molecule has 13 heteroatoms. The highest BCUT2D eigenvalue weighted by Crippen LogP contribution is 2.11. The standard InChI is InChI=1S/C24H34N4O9/c1-3-13(2)20(23(35)26-16(24(36)37)9-10-18(29)30)28-22(34)17(11-14-7-5-4-6-8-14)27-21(33)15(25)12-19(31)32/h4-8,13,15-17,20H,3,9-12,25H2,1-2H3,(H,26,35)(H,27,33)(H,28,34)(H,29,30)(H,31,32)(H,36,37). The molecule has 204 valence electrons. The summed E-state index contributed by atoms with van der Waals surface area (Å²) in [6.07, 6.45) is -1.07. The Kier molecular flexibility index (Phi) is 12.7. The van der Waals surface area contributed by atoms with Crippen LogP contribution < -0.4 is 21.7 Å². The molecule has 0 saturated heterocycles. The van der Waals surface area contributed by atoms with E-state index in [9.17, 15) is 33.9 Å². The Morgan fingerprint density at radius 1 is 0.838 bits per heavy atom. The zero-order chi connectivity index (χ0) is 28.1. The Balaban J connectivity index is 3.12. The first-order valence-corrected chi connectivity index (χ1v) is 11.7. The Bertz CT molecular complexity index is 970. The number of hydrogen-bond acceptors (Lipinski definition) is 7. The molecule has 8 N–H and O–H groups in total. The van der Waals surface area contributed by atoms with Gasteiger partial charge in [0, 0.05) is 12.8 Å². The first-order valence-electron chi connectivity index (χ1n) is 11.7. The minimum atomic E-state index is -1.49. The highest BCUT2D eigenvalue weighted by atomic mass is 16.4. The fourth-order valence-electron chi connectivity index (χ4n) is 3.36. The zero-order valence-corrected chi connectivity index (χ0v) is 20.7. The van der Waals surface area contributed by atoms with Gasteiger partial charge in [0.15, 0.2) is 0 Å². The van der Waals surface area contributed by atoms with E-state index in [0.717, 1.165) is 0 Å². The van der Waals surface area contributed by atoms with Crippen LogP contribution in [0.5, 0.6) is 0 Å². The highest BCUT2D eigenvalue weighted by molar-refractivity contribution is 5.95. The normalized spacial score (nSPS) is 14.8. The van der Waals surface area contributed by atoms with Gasteiger partial charge in [-0.3, -0.25) is 24.0 Å². The molecular formula is C24H34N4O9. The van der Waals surface area contributed by atoms with Gasteiger partial charge in [0.25, 0.3) is 0 Å². The second-order valence-electron chi connectivity index (χ2n) is 8.66. The van der Waals surface area contributed by atoms with Crippen LogP contribution in [0, 0.1) is 5.92 Å². The van der Waals surface area contributed by atoms with Gasteiger partial charge in [0.2, 0.25) is 17.7 Å². The van der Waals surface area contributed by atoms with Gasteiger partial charge in [-0.15, -0.1) is 0 Å². The minimum Gasteiger partial charge on any atom is -0.481 e. The molecule has 0 fully saturated rings. The van der Waals surface area contributed by atoms with Gasteiger partial charge in [-0.2, -0.15) is 0 Å². The Morgan fingerprint density at radius 3 is 1.95 bits per heavy atom. The van der Waals surface area contributed by atoms with E-state index in [1.54, 1.807) is 44.2 Å². The third-order valence-electron chi connectivity index (χ3n) is 5.70. The average molecular weight is 523 g/mol. The van der Waals surface area contributed by atoms with E-state index in [2.05, 4.69) is 16.0 Å². The van der Waals surface area contributed by atoms with E-state index >= 15 is 0 Å². The van der Waals surface area contributed by atoms with Crippen LogP contribution in [0.2, 0.25) is 0 Å². The number of carbonyl (C=O) groups excluding carboxylic acids is 3. The summed E-state index contributed by atoms with van der Waals surface area (Å²) in [6.45, 7) is 3.41. The number of nitrogens with two attached hydrogens (primary N) is 1. The molecule has 3 amide bonds. The van der Waals surface area contributed by atoms with Crippen LogP contribution >= 0.6 is 0 Å². The largest absolute Gasteiger partial charge is 0.481 e. The zero-order valence-electron chi connectivity index (χ0n) is 20.7. The molecule has 0 saturated carbocycles. The van der Waals surface area contributed by atoms with Gasteiger partial charge < -0.3 is 37.0 Å². The van der Waals surface area contributed by atoms with Crippen molar-refractivity contribution < 1.29 is 44.1 Å². The number of nitrogens with one attached hydrogen (secondary N) is 3. The van der Waals surface area contributed by atoms with Crippen LogP contribution in [0.15, 0.2) is 30.3 Å². The molecule has 0 spiro atoms. The molecule has 37 heavy (non-hydrogen) atoms. The lowest BCUT2D eigenvalue weighted by molar-refractivity contribution is -0.143. The predicted molar refractivity (Wildman–Crippen MR) is 130 cm³/mol. The summed E-state index contributed by atoms with van der Waals surface area (Å²) in [5.74, 6) is -6.87. The Morgan fingerprint density at radius 2 is 1.43 bits per heavy atom. The van der Waals surface area contributed by atoms with Crippen molar-refractivity contribution in [1.29, 1.82) is 0 Å². The lowest BCUT2D eigenvalue weighted by atomic mass is 9.96. The van der Waals surface area contributed by atoms with E-state index in [1.165, 1.54) is 0 Å². The monoisotopic (exact) mass is 522 g/mol. The summed E-state index contributed by atoms with van der Waals surface area (Å²) in [7, 11) is 0. The molecule has 1 aromatic carbocycles. The van der Waals surface area contributed by atoms with E-state index in [1.807, 2.05) is 0 Å². The Labute approximate surface area is 213 Å². The van der Waals surface area contributed by atoms with Crippen LogP contribution in [-0.4, -0.2) is 75.1 Å². The molecule has 0 aliphatic heterocycles. The summed E-state index contributed by atoms with van der Waals surface area (Å²) in [5, 5.41) is 34.4. The van der Waals surface area contributed by atoms with Crippen LogP contribution in [-0.2, 0) is 35.2 Å². The maximum Gasteiger partial charge on any atom is 0.326 e. The molecule has 5 atom stereocenters. The molecule has 5 unspecified atom stereocenters. The van der Waals surface area contributed by atoms with Crippen molar-refractivity contribution in [3.8, 4) is 0 Å². The highest BCUT2D eigenvalue weighted by Gasteiger charge is 2.33. The number of carboxylic acids is 3. The number of benzene rings is 1. The molecule has 0 heterocycles. The summed E-state index contributed by atoms with van der Waals surface area (Å²) >= 11 is 0. The van der Waals surface area contributed by atoms with Crippen molar-refractivity contribution in [1.82, 2.24) is 16.0 Å². The van der Waals surface area contributed by atoms with Crippen LogP contribution in [0.3, 0.4) is 0 Å². The first kappa shape index (κ1) is 31.0. The third kappa shape index (κ3) is 11.1. The van der Waals surface area contributed by atoms with Crippen molar-refractivity contribution in [3.63, 3.8) is 0 Å². The maximum atomic E-state index is 13.2. The molecule has 13 nitrogen and oxygen atoms in total. The molecular weight excluding hydrogens is 488 g/mol. The molecule has 1 aromatic rings. The molecule has 0 bridgehead atoms. The van der Waals surface area contributed by atoms with Gasteiger partial charge in [-0.1, -0.05) is 50.6 Å². The van der Waals surface area contributed by atoms with Gasteiger partial charge in [0.05, 0.1) is 12.5 Å². The van der Waals surface area contributed by atoms with E-state index in [0.29, 0.717) is 12.0 Å². The molecule has 0 aliphatic carbocycles. The molecule has 1 rings (SSSR count). The quantitative estimate of drug-likeness (QED) is 0.147. The summed E-state index contributed by atoms with van der Waals surface area (Å²) < 4.78 is 0. The lowest BCUT2D eigenvalue weighted by Crippen LogP contribution is -2.59. The summed E-state index contributed by atoms with van der Waals surface area (Å²) in [5.41, 5.74) is 6.29. The number of aliphatic carboxylic acids is 3. The predicted octanol–water partition coefficient (Wildman–Crippen LogP) is -0.519. The van der Waals surface area contributed by atoms with Crippen molar-refractivity contribution in [2.75, 3.05) is 0 Å². The van der Waals surface area contributed by atoms with E-state index in [-0.39, 0.29) is 12.8 Å². The number of rotatable bonds is 16. The third-order valence-corrected chi connectivity index (χ3v) is 5.70. The maximum absolute atomic E-state index is 13.2. The van der Waals surface area contributed by atoms with Gasteiger partial charge in [0.1, 0.15) is 18.1 Å². The topological polar surface area (TPSA) is 225 Å². The molecule has 0 radical (unpaired) electrons. The van der Waals surface area contributed by atoms with Gasteiger partial charge in [-0.25, -0.2) is 4.79 Å². The molecule has 0 aromatic heterocycles. The van der Waals surface area contributed by atoms with Gasteiger partial charge >= 0.3 is 17.9 Å². The fourth-order valence-corrected chi connectivity index (χ4v) is 3.36. The Hall–Kier alpha value is -4.00. The average Bonchev–Trinajstić information content (AvgIpc) is 2.83. The number of carbonyl (C=O) groups is 6. The number of carboxylic acid groups (broad SMARTS) is 3. The second kappa shape index (κ2) is 15.2. The van der Waals surface area contributed by atoms with E-state index in [4.69, 9.17) is 15.9 Å². The van der Waals surface area contributed by atoms with Crippen LogP contribution in [0.4, 0.5) is 0 Å². The van der Waals surface area contributed by atoms with Gasteiger partial charge in [-0.05, 0) is 17.9 Å². The van der Waals surface area contributed by atoms with E-state index < -0.39 is 78.6 Å².